The fraction of sp³-hybridized carbons (Fsp3) is 0.296. The standard InChI is InChI=1S/C27H28FN5O/c1-17(2)26-30-25(31-32-26)16-33-14-13-18-7-3-4-8-19(18)24(33)15-29-27(34)22-11-12-23(28)21-10-6-5-9-20(21)22/h3-12,17,24H,13-16H2,1-2H3,(H,29,34)(H,30,31,32). The molecule has 6 nitrogen and oxygen atoms in total. The fourth-order valence-electron chi connectivity index (χ4n) is 4.71. The zero-order chi connectivity index (χ0) is 23.7. The van der Waals surface area contributed by atoms with Gasteiger partial charge in [-0.25, -0.2) is 9.37 Å². The first-order valence-electron chi connectivity index (χ1n) is 11.7. The highest BCUT2D eigenvalue weighted by Crippen LogP contribution is 2.30. The van der Waals surface area contributed by atoms with Gasteiger partial charge in [0.05, 0.1) is 12.6 Å². The number of H-pyrrole nitrogens is 1. The smallest absolute Gasteiger partial charge is 0.251 e. The lowest BCUT2D eigenvalue weighted by atomic mass is 9.92. The minimum Gasteiger partial charge on any atom is -0.350 e. The van der Waals surface area contributed by atoms with E-state index >= 15 is 0 Å². The van der Waals surface area contributed by atoms with Crippen LogP contribution in [0, 0.1) is 5.82 Å². The van der Waals surface area contributed by atoms with Crippen LogP contribution in [0.3, 0.4) is 0 Å². The van der Waals surface area contributed by atoms with Gasteiger partial charge in [0.1, 0.15) is 11.6 Å². The minimum atomic E-state index is -0.327. The highest BCUT2D eigenvalue weighted by Gasteiger charge is 2.28. The van der Waals surface area contributed by atoms with Crippen molar-refractivity contribution >= 4 is 16.7 Å². The van der Waals surface area contributed by atoms with Crippen LogP contribution >= 0.6 is 0 Å². The summed E-state index contributed by atoms with van der Waals surface area (Å²) in [7, 11) is 0. The molecule has 0 aliphatic carbocycles. The molecule has 1 unspecified atom stereocenters. The Morgan fingerprint density at radius 2 is 1.88 bits per heavy atom. The SMILES string of the molecule is CC(C)c1n[nH]c(CN2CCc3ccccc3C2CNC(=O)c2ccc(F)c3ccccc23)n1. The van der Waals surface area contributed by atoms with Crippen molar-refractivity contribution in [3.05, 3.63) is 94.8 Å². The van der Waals surface area contributed by atoms with Gasteiger partial charge in [-0.1, -0.05) is 62.4 Å². The lowest BCUT2D eigenvalue weighted by Crippen LogP contribution is -2.42. The van der Waals surface area contributed by atoms with Crippen molar-refractivity contribution in [2.45, 2.75) is 38.8 Å². The molecule has 0 spiro atoms. The molecule has 0 bridgehead atoms. The molecule has 1 aliphatic heterocycles. The van der Waals surface area contributed by atoms with E-state index in [0.717, 1.165) is 24.6 Å². The number of nitrogens with one attached hydrogen (secondary N) is 2. The molecule has 1 amide bonds. The first-order chi connectivity index (χ1) is 16.5. The van der Waals surface area contributed by atoms with E-state index in [1.807, 2.05) is 12.1 Å². The van der Waals surface area contributed by atoms with Crippen LogP contribution in [0.25, 0.3) is 10.8 Å². The number of aromatic amines is 1. The number of fused-ring (bicyclic) bond motifs is 2. The Morgan fingerprint density at radius 3 is 2.68 bits per heavy atom. The predicted octanol–water partition coefficient (Wildman–Crippen LogP) is 4.75. The Kier molecular flexibility index (Phi) is 6.11. The van der Waals surface area contributed by atoms with E-state index in [-0.39, 0.29) is 23.7 Å². The van der Waals surface area contributed by atoms with Crippen molar-refractivity contribution in [1.82, 2.24) is 25.4 Å². The Balaban J connectivity index is 1.39. The van der Waals surface area contributed by atoms with Crippen molar-refractivity contribution in [1.29, 1.82) is 0 Å². The van der Waals surface area contributed by atoms with Gasteiger partial charge in [0.15, 0.2) is 5.82 Å². The molecule has 1 aromatic heterocycles. The van der Waals surface area contributed by atoms with E-state index in [4.69, 9.17) is 0 Å². The first-order valence-corrected chi connectivity index (χ1v) is 11.7. The topological polar surface area (TPSA) is 73.9 Å². The van der Waals surface area contributed by atoms with Gasteiger partial charge in [0.25, 0.3) is 5.91 Å². The van der Waals surface area contributed by atoms with E-state index in [2.05, 4.69) is 57.4 Å². The lowest BCUT2D eigenvalue weighted by Gasteiger charge is -2.37. The maximum atomic E-state index is 14.2. The van der Waals surface area contributed by atoms with Crippen LogP contribution < -0.4 is 5.32 Å². The highest BCUT2D eigenvalue weighted by molar-refractivity contribution is 6.07. The van der Waals surface area contributed by atoms with Crippen LogP contribution in [-0.4, -0.2) is 39.1 Å². The van der Waals surface area contributed by atoms with Gasteiger partial charge < -0.3 is 5.32 Å². The van der Waals surface area contributed by atoms with Crippen LogP contribution in [0.5, 0.6) is 0 Å². The third kappa shape index (κ3) is 4.31. The minimum absolute atomic E-state index is 0.00628. The van der Waals surface area contributed by atoms with Crippen molar-refractivity contribution in [3.8, 4) is 0 Å². The zero-order valence-corrected chi connectivity index (χ0v) is 19.4. The number of aromatic nitrogens is 3. The van der Waals surface area contributed by atoms with E-state index < -0.39 is 0 Å². The van der Waals surface area contributed by atoms with Crippen LogP contribution in [0.15, 0.2) is 60.7 Å². The average Bonchev–Trinajstić information content (AvgIpc) is 3.32. The molecule has 0 saturated carbocycles. The molecule has 34 heavy (non-hydrogen) atoms. The molecule has 5 rings (SSSR count). The van der Waals surface area contributed by atoms with E-state index in [9.17, 15) is 9.18 Å². The number of carbonyl (C=O) groups is 1. The first kappa shape index (κ1) is 22.2. The summed E-state index contributed by atoms with van der Waals surface area (Å²) < 4.78 is 14.2. The van der Waals surface area contributed by atoms with Crippen molar-refractivity contribution in [3.63, 3.8) is 0 Å². The van der Waals surface area contributed by atoms with Crippen molar-refractivity contribution in [2.24, 2.45) is 0 Å². The summed E-state index contributed by atoms with van der Waals surface area (Å²) in [5.74, 6) is 1.35. The number of amides is 1. The van der Waals surface area contributed by atoms with Gasteiger partial charge in [-0.2, -0.15) is 5.10 Å². The molecule has 0 fully saturated rings. The molecule has 4 aromatic rings. The van der Waals surface area contributed by atoms with E-state index in [1.165, 1.54) is 17.2 Å². The number of halogens is 1. The maximum absolute atomic E-state index is 14.2. The molecule has 1 aliphatic rings. The Labute approximate surface area is 198 Å². The zero-order valence-electron chi connectivity index (χ0n) is 19.4. The quantitative estimate of drug-likeness (QED) is 0.438. The number of benzene rings is 3. The Bertz CT molecular complexity index is 1330. The third-order valence-corrected chi connectivity index (χ3v) is 6.51. The average molecular weight is 458 g/mol. The number of hydrogen-bond acceptors (Lipinski definition) is 4. The predicted molar refractivity (Wildman–Crippen MR) is 130 cm³/mol. The fourth-order valence-corrected chi connectivity index (χ4v) is 4.71. The van der Waals surface area contributed by atoms with Crippen LogP contribution in [-0.2, 0) is 13.0 Å². The van der Waals surface area contributed by atoms with E-state index in [0.29, 0.717) is 29.4 Å². The summed E-state index contributed by atoms with van der Waals surface area (Å²) in [5, 5.41) is 11.6. The summed E-state index contributed by atoms with van der Waals surface area (Å²) in [6, 6.07) is 18.4. The van der Waals surface area contributed by atoms with Gasteiger partial charge >= 0.3 is 0 Å². The second kappa shape index (κ2) is 9.35. The van der Waals surface area contributed by atoms with E-state index in [1.54, 1.807) is 24.3 Å². The molecular weight excluding hydrogens is 429 g/mol. The molecule has 7 heteroatoms. The summed E-state index contributed by atoms with van der Waals surface area (Å²) in [4.78, 5) is 20.2. The molecular formula is C27H28FN5O. The number of carbonyl (C=O) groups excluding carboxylic acids is 1. The Morgan fingerprint density at radius 1 is 1.12 bits per heavy atom. The van der Waals surface area contributed by atoms with Crippen molar-refractivity contribution < 1.29 is 9.18 Å². The highest BCUT2D eigenvalue weighted by atomic mass is 19.1. The van der Waals surface area contributed by atoms with Gasteiger partial charge in [0.2, 0.25) is 0 Å². The maximum Gasteiger partial charge on any atom is 0.251 e. The monoisotopic (exact) mass is 457 g/mol. The molecule has 1 atom stereocenters. The third-order valence-electron chi connectivity index (χ3n) is 6.51. The van der Waals surface area contributed by atoms with Crippen LogP contribution in [0.4, 0.5) is 4.39 Å². The van der Waals surface area contributed by atoms with Gasteiger partial charge in [0, 0.05) is 30.0 Å². The summed E-state index contributed by atoms with van der Waals surface area (Å²) in [5.41, 5.74) is 2.98. The number of rotatable bonds is 6. The largest absolute Gasteiger partial charge is 0.350 e. The molecule has 0 saturated heterocycles. The van der Waals surface area contributed by atoms with Crippen molar-refractivity contribution in [2.75, 3.05) is 13.1 Å². The second-order valence-corrected chi connectivity index (χ2v) is 9.08. The molecule has 2 heterocycles. The van der Waals surface area contributed by atoms with Crippen LogP contribution in [0.2, 0.25) is 0 Å². The van der Waals surface area contributed by atoms with Gasteiger partial charge in [-0.15, -0.1) is 0 Å². The summed E-state index contributed by atoms with van der Waals surface area (Å²) in [6.45, 7) is 6.05. The molecule has 3 aromatic carbocycles. The van der Waals surface area contributed by atoms with Gasteiger partial charge in [-0.3, -0.25) is 14.8 Å². The summed E-state index contributed by atoms with van der Waals surface area (Å²) >= 11 is 0. The molecule has 0 radical (unpaired) electrons. The molecule has 174 valence electrons. The second-order valence-electron chi connectivity index (χ2n) is 9.08. The molecule has 2 N–H and O–H groups in total. The lowest BCUT2D eigenvalue weighted by molar-refractivity contribution is 0.0926. The van der Waals surface area contributed by atoms with Crippen LogP contribution in [0.1, 0.15) is 58.9 Å². The number of hydrogen-bond donors (Lipinski definition) is 2. The summed E-state index contributed by atoms with van der Waals surface area (Å²) in [6.07, 6.45) is 0.939. The number of nitrogens with zero attached hydrogens (tertiary/aromatic N) is 3. The Hall–Kier alpha value is -3.58. The van der Waals surface area contributed by atoms with Gasteiger partial charge in [-0.05, 0) is 35.1 Å². The normalized spacial score (nSPS) is 16.1.